The monoisotopic (exact) mass is 304 g/mol. The molecule has 0 amide bonds. The predicted octanol–water partition coefficient (Wildman–Crippen LogP) is -0.339. The van der Waals surface area contributed by atoms with Crippen molar-refractivity contribution in [1.29, 1.82) is 0 Å². The van der Waals surface area contributed by atoms with Crippen LogP contribution in [0.3, 0.4) is 0 Å². The molecule has 1 fully saturated rings. The van der Waals surface area contributed by atoms with E-state index in [1.54, 1.807) is 0 Å². The molecular formula is C10H16N4O3S2. The van der Waals surface area contributed by atoms with Crippen molar-refractivity contribution in [1.82, 2.24) is 14.3 Å². The average molecular weight is 304 g/mol. The molecule has 7 nitrogen and oxygen atoms in total. The topological polar surface area (TPSA) is 92.3 Å². The maximum Gasteiger partial charge on any atom is 0.246 e. The van der Waals surface area contributed by atoms with Crippen LogP contribution in [0, 0.1) is 0 Å². The molecular weight excluding hydrogens is 288 g/mol. The highest BCUT2D eigenvalue weighted by Crippen LogP contribution is 2.16. The first kappa shape index (κ1) is 14.4. The van der Waals surface area contributed by atoms with Crippen molar-refractivity contribution in [3.63, 3.8) is 0 Å². The number of hydrogen-bond donors (Lipinski definition) is 1. The van der Waals surface area contributed by atoms with Crippen LogP contribution in [-0.4, -0.2) is 58.0 Å². The molecule has 2 heterocycles. The van der Waals surface area contributed by atoms with Crippen molar-refractivity contribution in [2.75, 3.05) is 36.5 Å². The quantitative estimate of drug-likeness (QED) is 0.818. The third-order valence-corrected chi connectivity index (χ3v) is 5.86. The van der Waals surface area contributed by atoms with Gasteiger partial charge < -0.3 is 5.32 Å². The molecule has 0 aliphatic carbocycles. The Balaban J connectivity index is 2.17. The molecule has 106 valence electrons. The molecule has 0 unspecified atom stereocenters. The van der Waals surface area contributed by atoms with Crippen LogP contribution in [0.2, 0.25) is 0 Å². The molecule has 0 saturated carbocycles. The van der Waals surface area contributed by atoms with Crippen LogP contribution in [0.4, 0.5) is 5.95 Å². The van der Waals surface area contributed by atoms with Crippen molar-refractivity contribution in [2.24, 2.45) is 0 Å². The number of sulfonamides is 1. The molecule has 0 bridgehead atoms. The van der Waals surface area contributed by atoms with E-state index in [2.05, 4.69) is 15.3 Å². The van der Waals surface area contributed by atoms with Crippen molar-refractivity contribution >= 4 is 26.8 Å². The molecule has 1 N–H and O–H groups in total. The predicted molar refractivity (Wildman–Crippen MR) is 72.8 cm³/mol. The Labute approximate surface area is 114 Å². The highest BCUT2D eigenvalue weighted by atomic mass is 32.2. The largest absolute Gasteiger partial charge is 0.355 e. The zero-order chi connectivity index (χ0) is 13.9. The molecule has 0 spiro atoms. The Hall–Kier alpha value is -1.06. The van der Waals surface area contributed by atoms with E-state index in [-0.39, 0.29) is 18.0 Å². The Morgan fingerprint density at radius 3 is 2.42 bits per heavy atom. The Morgan fingerprint density at radius 1 is 1.32 bits per heavy atom. The molecule has 0 aromatic carbocycles. The van der Waals surface area contributed by atoms with Crippen LogP contribution in [0.15, 0.2) is 17.3 Å². The first-order valence-corrected chi connectivity index (χ1v) is 8.88. The molecule has 1 aliphatic rings. The molecule has 1 aromatic rings. The number of rotatable bonds is 4. The van der Waals surface area contributed by atoms with Gasteiger partial charge in [-0.1, -0.05) is 0 Å². The van der Waals surface area contributed by atoms with E-state index in [1.807, 2.05) is 6.92 Å². The minimum absolute atomic E-state index is 0.0711. The van der Waals surface area contributed by atoms with E-state index in [9.17, 15) is 12.6 Å². The molecule has 1 aliphatic heterocycles. The van der Waals surface area contributed by atoms with E-state index in [0.717, 1.165) is 0 Å². The smallest absolute Gasteiger partial charge is 0.246 e. The number of nitrogens with one attached hydrogen (secondary N) is 1. The summed E-state index contributed by atoms with van der Waals surface area (Å²) in [6, 6.07) is 0. The first-order valence-electron chi connectivity index (χ1n) is 5.95. The van der Waals surface area contributed by atoms with Gasteiger partial charge in [0.05, 0.1) is 12.4 Å². The van der Waals surface area contributed by atoms with Gasteiger partial charge in [0.1, 0.15) is 4.90 Å². The average Bonchev–Trinajstić information content (AvgIpc) is 2.40. The third kappa shape index (κ3) is 3.28. The lowest BCUT2D eigenvalue weighted by atomic mass is 10.6. The highest BCUT2D eigenvalue weighted by molar-refractivity contribution is 7.89. The van der Waals surface area contributed by atoms with Gasteiger partial charge in [-0.25, -0.2) is 18.4 Å². The summed E-state index contributed by atoms with van der Waals surface area (Å²) in [6.07, 6.45) is 2.60. The second kappa shape index (κ2) is 5.93. The van der Waals surface area contributed by atoms with Crippen molar-refractivity contribution in [2.45, 2.75) is 11.8 Å². The van der Waals surface area contributed by atoms with Gasteiger partial charge in [-0.05, 0) is 6.92 Å². The molecule has 0 radical (unpaired) electrons. The van der Waals surface area contributed by atoms with Crippen LogP contribution in [0.25, 0.3) is 0 Å². The number of anilines is 1. The summed E-state index contributed by atoms with van der Waals surface area (Å²) < 4.78 is 37.2. The van der Waals surface area contributed by atoms with Gasteiger partial charge in [0.25, 0.3) is 0 Å². The van der Waals surface area contributed by atoms with E-state index in [0.29, 0.717) is 24.0 Å². The van der Waals surface area contributed by atoms with E-state index < -0.39 is 20.8 Å². The maximum absolute atomic E-state index is 12.3. The molecule has 1 aromatic heterocycles. The second-order valence-electron chi connectivity index (χ2n) is 4.02. The van der Waals surface area contributed by atoms with Gasteiger partial charge in [0.2, 0.25) is 16.0 Å². The van der Waals surface area contributed by atoms with Crippen molar-refractivity contribution in [3.8, 4) is 0 Å². The fourth-order valence-corrected chi connectivity index (χ4v) is 4.33. The van der Waals surface area contributed by atoms with Crippen molar-refractivity contribution < 1.29 is 12.6 Å². The molecule has 2 rings (SSSR count). The van der Waals surface area contributed by atoms with Crippen LogP contribution in [0.1, 0.15) is 6.92 Å². The standard InChI is InChI=1S/C10H16N4O3S2/c1-2-11-10-12-7-9(8-13-10)19(16,17)14-3-5-18(15)6-4-14/h7-8H,2-6H2,1H3,(H,11,12,13). The molecule has 9 heteroatoms. The SMILES string of the molecule is CCNc1ncc(S(=O)(=O)N2CCS(=O)CC2)cn1. The lowest BCUT2D eigenvalue weighted by molar-refractivity contribution is 0.438. The summed E-state index contributed by atoms with van der Waals surface area (Å²) in [4.78, 5) is 7.98. The molecule has 19 heavy (non-hydrogen) atoms. The fourth-order valence-electron chi connectivity index (χ4n) is 1.71. The van der Waals surface area contributed by atoms with Crippen LogP contribution >= 0.6 is 0 Å². The van der Waals surface area contributed by atoms with E-state index in [4.69, 9.17) is 0 Å². The van der Waals surface area contributed by atoms with Crippen LogP contribution in [0.5, 0.6) is 0 Å². The summed E-state index contributed by atoms with van der Waals surface area (Å²) in [6.45, 7) is 3.14. The number of hydrogen-bond acceptors (Lipinski definition) is 6. The first-order chi connectivity index (χ1) is 9.04. The van der Waals surface area contributed by atoms with Crippen LogP contribution < -0.4 is 5.32 Å². The van der Waals surface area contributed by atoms with Gasteiger partial charge in [-0.3, -0.25) is 4.21 Å². The summed E-state index contributed by atoms with van der Waals surface area (Å²) in [7, 11) is -4.48. The minimum atomic E-state index is -3.57. The highest BCUT2D eigenvalue weighted by Gasteiger charge is 2.28. The Kier molecular flexibility index (Phi) is 4.48. The Bertz CT molecular complexity index is 549. The summed E-state index contributed by atoms with van der Waals surface area (Å²) in [5, 5.41) is 2.90. The zero-order valence-electron chi connectivity index (χ0n) is 10.6. The lowest BCUT2D eigenvalue weighted by Crippen LogP contribution is -2.41. The number of nitrogens with zero attached hydrogens (tertiary/aromatic N) is 3. The normalized spacial score (nSPS) is 18.4. The summed E-state index contributed by atoms with van der Waals surface area (Å²) in [5.74, 6) is 1.17. The van der Waals surface area contributed by atoms with Gasteiger partial charge in [0, 0.05) is 41.9 Å². The Morgan fingerprint density at radius 2 is 1.89 bits per heavy atom. The maximum atomic E-state index is 12.3. The molecule has 1 saturated heterocycles. The van der Waals surface area contributed by atoms with Gasteiger partial charge in [-0.15, -0.1) is 0 Å². The second-order valence-corrected chi connectivity index (χ2v) is 7.66. The summed E-state index contributed by atoms with van der Waals surface area (Å²) >= 11 is 0. The fraction of sp³-hybridized carbons (Fsp3) is 0.600. The third-order valence-electron chi connectivity index (χ3n) is 2.74. The van der Waals surface area contributed by atoms with E-state index in [1.165, 1.54) is 16.7 Å². The minimum Gasteiger partial charge on any atom is -0.355 e. The number of aromatic nitrogens is 2. The van der Waals surface area contributed by atoms with Gasteiger partial charge in [0.15, 0.2) is 0 Å². The zero-order valence-corrected chi connectivity index (χ0v) is 12.2. The van der Waals surface area contributed by atoms with Gasteiger partial charge >= 0.3 is 0 Å². The van der Waals surface area contributed by atoms with Gasteiger partial charge in [-0.2, -0.15) is 4.31 Å². The van der Waals surface area contributed by atoms with E-state index >= 15 is 0 Å². The lowest BCUT2D eigenvalue weighted by Gasteiger charge is -2.25. The molecule has 0 atom stereocenters. The van der Waals surface area contributed by atoms with Crippen LogP contribution in [-0.2, 0) is 20.8 Å². The summed E-state index contributed by atoms with van der Waals surface area (Å²) in [5.41, 5.74) is 0. The van der Waals surface area contributed by atoms with Crippen molar-refractivity contribution in [3.05, 3.63) is 12.4 Å².